The van der Waals surface area contributed by atoms with Gasteiger partial charge in [-0.3, -0.25) is 4.90 Å². The van der Waals surface area contributed by atoms with Gasteiger partial charge in [-0.15, -0.1) is 0 Å². The number of likely N-dealkylation sites (tertiary alicyclic amines) is 1. The number of halogens is 2. The van der Waals surface area contributed by atoms with Gasteiger partial charge in [-0.05, 0) is 37.1 Å². The number of piperidine rings is 1. The Morgan fingerprint density at radius 2 is 2.31 bits per heavy atom. The molecule has 16 heavy (non-hydrogen) atoms. The van der Waals surface area contributed by atoms with E-state index >= 15 is 0 Å². The molecule has 1 aromatic carbocycles. The second-order valence-corrected chi connectivity index (χ2v) is 4.69. The van der Waals surface area contributed by atoms with Crippen molar-refractivity contribution in [3.05, 3.63) is 34.6 Å². The molecular formula is C12H15ClFNO. The molecule has 1 aromatic rings. The van der Waals surface area contributed by atoms with Crippen LogP contribution in [0.5, 0.6) is 0 Å². The van der Waals surface area contributed by atoms with Crippen molar-refractivity contribution < 1.29 is 9.50 Å². The summed E-state index contributed by atoms with van der Waals surface area (Å²) in [6, 6.07) is 4.86. The maximum atomic E-state index is 13.2. The lowest BCUT2D eigenvalue weighted by Crippen LogP contribution is -2.37. The first kappa shape index (κ1) is 11.8. The summed E-state index contributed by atoms with van der Waals surface area (Å²) in [5.74, 6) is -0.378. The summed E-state index contributed by atoms with van der Waals surface area (Å²) in [5, 5.41) is 9.67. The van der Waals surface area contributed by atoms with Crippen LogP contribution in [0.2, 0.25) is 5.02 Å². The standard InChI is InChI=1S/C12H15ClFNO/c13-11-4-3-9(6-12(11)14)7-15-5-1-2-10(16)8-15/h3-4,6,10,16H,1-2,5,7-8H2. The van der Waals surface area contributed by atoms with Gasteiger partial charge in [0.2, 0.25) is 0 Å². The van der Waals surface area contributed by atoms with Crippen LogP contribution < -0.4 is 0 Å². The van der Waals surface area contributed by atoms with E-state index in [-0.39, 0.29) is 16.9 Å². The number of rotatable bonds is 2. The number of aliphatic hydroxyl groups excluding tert-OH is 1. The van der Waals surface area contributed by atoms with Crippen LogP contribution in [0.1, 0.15) is 18.4 Å². The highest BCUT2D eigenvalue weighted by atomic mass is 35.5. The first-order chi connectivity index (χ1) is 7.65. The van der Waals surface area contributed by atoms with Crippen molar-refractivity contribution in [2.24, 2.45) is 0 Å². The van der Waals surface area contributed by atoms with Crippen LogP contribution in [0.4, 0.5) is 4.39 Å². The molecule has 88 valence electrons. The van der Waals surface area contributed by atoms with Gasteiger partial charge < -0.3 is 5.11 Å². The fraction of sp³-hybridized carbons (Fsp3) is 0.500. The summed E-state index contributed by atoms with van der Waals surface area (Å²) in [5.41, 5.74) is 0.899. The Morgan fingerprint density at radius 3 is 3.00 bits per heavy atom. The van der Waals surface area contributed by atoms with Crippen molar-refractivity contribution in [3.63, 3.8) is 0 Å². The molecule has 0 bridgehead atoms. The monoisotopic (exact) mass is 243 g/mol. The molecule has 1 unspecified atom stereocenters. The number of nitrogens with zero attached hydrogens (tertiary/aromatic N) is 1. The normalized spacial score (nSPS) is 22.3. The molecule has 0 aliphatic carbocycles. The average molecular weight is 244 g/mol. The van der Waals surface area contributed by atoms with Gasteiger partial charge >= 0.3 is 0 Å². The third kappa shape index (κ3) is 2.94. The molecule has 0 aromatic heterocycles. The molecule has 0 spiro atoms. The highest BCUT2D eigenvalue weighted by Gasteiger charge is 2.17. The van der Waals surface area contributed by atoms with E-state index in [1.54, 1.807) is 6.07 Å². The third-order valence-electron chi connectivity index (χ3n) is 2.87. The van der Waals surface area contributed by atoms with Crippen LogP contribution in [-0.4, -0.2) is 29.2 Å². The highest BCUT2D eigenvalue weighted by molar-refractivity contribution is 6.30. The van der Waals surface area contributed by atoms with Gasteiger partial charge in [-0.2, -0.15) is 0 Å². The summed E-state index contributed by atoms with van der Waals surface area (Å²) >= 11 is 5.62. The number of hydrogen-bond donors (Lipinski definition) is 1. The molecular weight excluding hydrogens is 229 g/mol. The van der Waals surface area contributed by atoms with Crippen LogP contribution in [0.3, 0.4) is 0 Å². The molecule has 1 heterocycles. The van der Waals surface area contributed by atoms with E-state index in [0.29, 0.717) is 13.1 Å². The van der Waals surface area contributed by atoms with E-state index in [4.69, 9.17) is 11.6 Å². The molecule has 1 N–H and O–H groups in total. The lowest BCUT2D eigenvalue weighted by molar-refractivity contribution is 0.0668. The molecule has 4 heteroatoms. The minimum Gasteiger partial charge on any atom is -0.392 e. The fourth-order valence-electron chi connectivity index (χ4n) is 2.07. The molecule has 1 saturated heterocycles. The molecule has 0 radical (unpaired) electrons. The largest absolute Gasteiger partial charge is 0.392 e. The number of aliphatic hydroxyl groups is 1. The van der Waals surface area contributed by atoms with Gasteiger partial charge in [0.1, 0.15) is 5.82 Å². The minimum absolute atomic E-state index is 0.155. The van der Waals surface area contributed by atoms with E-state index in [9.17, 15) is 9.50 Å². The van der Waals surface area contributed by atoms with Gasteiger partial charge in [0.05, 0.1) is 11.1 Å². The molecule has 1 aliphatic rings. The molecule has 0 amide bonds. The Morgan fingerprint density at radius 1 is 1.50 bits per heavy atom. The van der Waals surface area contributed by atoms with Gasteiger partial charge in [-0.1, -0.05) is 17.7 Å². The Bertz CT molecular complexity index is 372. The summed E-state index contributed by atoms with van der Waals surface area (Å²) in [7, 11) is 0. The molecule has 2 rings (SSSR count). The molecule has 0 saturated carbocycles. The van der Waals surface area contributed by atoms with Crippen molar-refractivity contribution in [3.8, 4) is 0 Å². The third-order valence-corrected chi connectivity index (χ3v) is 3.18. The zero-order valence-electron chi connectivity index (χ0n) is 9.00. The van der Waals surface area contributed by atoms with Gasteiger partial charge in [0, 0.05) is 13.1 Å². The van der Waals surface area contributed by atoms with Gasteiger partial charge in [0.15, 0.2) is 0 Å². The van der Waals surface area contributed by atoms with Crippen molar-refractivity contribution in [2.75, 3.05) is 13.1 Å². The predicted octanol–water partition coefficient (Wildman–Crippen LogP) is 2.44. The van der Waals surface area contributed by atoms with Crippen molar-refractivity contribution in [2.45, 2.75) is 25.5 Å². The van der Waals surface area contributed by atoms with Crippen LogP contribution in [0, 0.1) is 5.82 Å². The first-order valence-corrected chi connectivity index (χ1v) is 5.87. The zero-order chi connectivity index (χ0) is 11.5. The predicted molar refractivity (Wildman–Crippen MR) is 61.9 cm³/mol. The van der Waals surface area contributed by atoms with Gasteiger partial charge in [-0.25, -0.2) is 4.39 Å². The summed E-state index contributed by atoms with van der Waals surface area (Å²) < 4.78 is 13.2. The Hall–Kier alpha value is -0.640. The van der Waals surface area contributed by atoms with E-state index < -0.39 is 0 Å². The molecule has 1 atom stereocenters. The lowest BCUT2D eigenvalue weighted by atomic mass is 10.1. The maximum Gasteiger partial charge on any atom is 0.142 e. The average Bonchev–Trinajstić information content (AvgIpc) is 2.24. The Balaban J connectivity index is 2.00. The quantitative estimate of drug-likeness (QED) is 0.863. The molecule has 1 fully saturated rings. The van der Waals surface area contributed by atoms with Crippen LogP contribution in [0.15, 0.2) is 18.2 Å². The topological polar surface area (TPSA) is 23.5 Å². The van der Waals surface area contributed by atoms with E-state index in [0.717, 1.165) is 24.9 Å². The Kier molecular flexibility index (Phi) is 3.79. The number of hydrogen-bond acceptors (Lipinski definition) is 2. The summed E-state index contributed by atoms with van der Waals surface area (Å²) in [6.07, 6.45) is 1.62. The lowest BCUT2D eigenvalue weighted by Gasteiger charge is -2.29. The molecule has 1 aliphatic heterocycles. The van der Waals surface area contributed by atoms with Crippen molar-refractivity contribution in [1.29, 1.82) is 0 Å². The maximum absolute atomic E-state index is 13.2. The fourth-order valence-corrected chi connectivity index (χ4v) is 2.19. The Labute approximate surface area is 99.6 Å². The van der Waals surface area contributed by atoms with E-state index in [1.165, 1.54) is 6.07 Å². The minimum atomic E-state index is -0.378. The highest BCUT2D eigenvalue weighted by Crippen LogP contribution is 2.18. The van der Waals surface area contributed by atoms with Crippen LogP contribution in [-0.2, 0) is 6.54 Å². The second kappa shape index (κ2) is 5.13. The van der Waals surface area contributed by atoms with Crippen molar-refractivity contribution in [1.82, 2.24) is 4.90 Å². The van der Waals surface area contributed by atoms with Crippen LogP contribution >= 0.6 is 11.6 Å². The van der Waals surface area contributed by atoms with Gasteiger partial charge in [0.25, 0.3) is 0 Å². The smallest absolute Gasteiger partial charge is 0.142 e. The summed E-state index contributed by atoms with van der Waals surface area (Å²) in [4.78, 5) is 2.14. The molecule has 2 nitrogen and oxygen atoms in total. The number of benzene rings is 1. The SMILES string of the molecule is OC1CCCN(Cc2ccc(Cl)c(F)c2)C1. The van der Waals surface area contributed by atoms with E-state index in [1.807, 2.05) is 6.07 Å². The zero-order valence-corrected chi connectivity index (χ0v) is 9.75. The summed E-state index contributed by atoms with van der Waals surface area (Å²) in [6.45, 7) is 2.30. The van der Waals surface area contributed by atoms with Crippen LogP contribution in [0.25, 0.3) is 0 Å². The number of β-amino-alcohol motifs (C(OH)–C–C–N with tert-alkyl or cyclic N) is 1. The van der Waals surface area contributed by atoms with Crippen molar-refractivity contribution >= 4 is 11.6 Å². The van der Waals surface area contributed by atoms with E-state index in [2.05, 4.69) is 4.90 Å². The second-order valence-electron chi connectivity index (χ2n) is 4.28. The first-order valence-electron chi connectivity index (χ1n) is 5.49.